The van der Waals surface area contributed by atoms with Gasteiger partial charge in [-0.1, -0.05) is 19.3 Å². The van der Waals surface area contributed by atoms with Gasteiger partial charge in [-0.2, -0.15) is 0 Å². The van der Waals surface area contributed by atoms with Gasteiger partial charge < -0.3 is 24.6 Å². The van der Waals surface area contributed by atoms with E-state index in [0.717, 1.165) is 25.7 Å². The van der Waals surface area contributed by atoms with Gasteiger partial charge in [0.05, 0.1) is 24.0 Å². The first-order chi connectivity index (χ1) is 15.3. The highest BCUT2D eigenvalue weighted by Crippen LogP contribution is 2.40. The van der Waals surface area contributed by atoms with Crippen LogP contribution in [0.4, 0.5) is 10.1 Å². The summed E-state index contributed by atoms with van der Waals surface area (Å²) in [7, 11) is -3.79. The molecule has 1 fully saturated rings. The number of aryl methyl sites for hydroxylation is 1. The molecule has 32 heavy (non-hydrogen) atoms. The molecule has 1 heterocycles. The fourth-order valence-electron chi connectivity index (χ4n) is 4.08. The molecule has 1 aliphatic carbocycles. The number of carbonyl (C=O) groups excluding carboxylic acids is 1. The van der Waals surface area contributed by atoms with E-state index in [4.69, 9.17) is 4.52 Å². The summed E-state index contributed by atoms with van der Waals surface area (Å²) in [6, 6.07) is 3.03. The monoisotopic (exact) mass is 467 g/mol. The van der Waals surface area contributed by atoms with Crippen molar-refractivity contribution in [2.75, 3.05) is 24.6 Å². The van der Waals surface area contributed by atoms with Gasteiger partial charge in [-0.05, 0) is 38.8 Å². The van der Waals surface area contributed by atoms with E-state index < -0.39 is 24.7 Å². The first-order valence-electron chi connectivity index (χ1n) is 11.1. The topological polar surface area (TPSA) is 110 Å². The summed E-state index contributed by atoms with van der Waals surface area (Å²) >= 11 is 0. The molecule has 0 aliphatic heterocycles. The van der Waals surface area contributed by atoms with Crippen molar-refractivity contribution in [1.29, 1.82) is 0 Å². The van der Waals surface area contributed by atoms with Gasteiger partial charge in [0.1, 0.15) is 11.4 Å². The smallest absolute Gasteiger partial charge is 0.329 e. The van der Waals surface area contributed by atoms with E-state index in [0.29, 0.717) is 17.7 Å². The third-order valence-electron chi connectivity index (χ3n) is 5.73. The maximum absolute atomic E-state index is 14.8. The first-order valence-corrected chi connectivity index (χ1v) is 12.9. The summed E-state index contributed by atoms with van der Waals surface area (Å²) in [5, 5.41) is 5.87. The molecule has 0 spiro atoms. The molecule has 10 heteroatoms. The quantitative estimate of drug-likeness (QED) is 0.483. The van der Waals surface area contributed by atoms with Crippen LogP contribution in [-0.4, -0.2) is 40.7 Å². The summed E-state index contributed by atoms with van der Waals surface area (Å²) < 4.78 is 33.1. The van der Waals surface area contributed by atoms with Crippen molar-refractivity contribution in [3.05, 3.63) is 39.9 Å². The van der Waals surface area contributed by atoms with Crippen LogP contribution in [-0.2, 0) is 15.6 Å². The number of nitrogens with one attached hydrogen (secondary N) is 2. The molecule has 1 atom stereocenters. The lowest BCUT2D eigenvalue weighted by atomic mass is 9.95. The van der Waals surface area contributed by atoms with Gasteiger partial charge in [-0.25, -0.2) is 4.39 Å². The number of benzene rings is 1. The third kappa shape index (κ3) is 5.77. The Balaban J connectivity index is 1.86. The number of nitrogens with zero attached hydrogens (tertiary/aromatic N) is 1. The fourth-order valence-corrected chi connectivity index (χ4v) is 5.01. The average molecular weight is 467 g/mol. The summed E-state index contributed by atoms with van der Waals surface area (Å²) in [5.41, 5.74) is 0.181. The molecule has 0 saturated heterocycles. The highest BCUT2D eigenvalue weighted by molar-refractivity contribution is 7.52. The highest BCUT2D eigenvalue weighted by Gasteiger charge is 2.21. The molecule has 1 aliphatic rings. The average Bonchev–Trinajstić information content (AvgIpc) is 2.75. The molecule has 1 amide bonds. The number of hydrogen-bond acceptors (Lipinski definition) is 5. The Bertz CT molecular complexity index is 1080. The van der Waals surface area contributed by atoms with Crippen molar-refractivity contribution in [2.24, 2.45) is 0 Å². The molecule has 1 saturated carbocycles. The van der Waals surface area contributed by atoms with E-state index in [9.17, 15) is 23.4 Å². The van der Waals surface area contributed by atoms with Crippen LogP contribution < -0.4 is 16.1 Å². The lowest BCUT2D eigenvalue weighted by molar-refractivity contribution is 0.0954. The molecular weight excluding hydrogens is 436 g/mol. The van der Waals surface area contributed by atoms with E-state index >= 15 is 0 Å². The van der Waals surface area contributed by atoms with E-state index in [1.165, 1.54) is 18.7 Å². The normalized spacial score (nSPS) is 16.6. The molecule has 1 aromatic heterocycles. The third-order valence-corrected chi connectivity index (χ3v) is 7.18. The number of pyridine rings is 1. The van der Waals surface area contributed by atoms with E-state index in [1.807, 2.05) is 6.92 Å². The Morgan fingerprint density at radius 1 is 1.28 bits per heavy atom. The molecule has 0 bridgehead atoms. The van der Waals surface area contributed by atoms with Crippen LogP contribution in [0.25, 0.3) is 10.9 Å². The Hall–Kier alpha value is -2.22. The van der Waals surface area contributed by atoms with Gasteiger partial charge in [0.2, 0.25) is 5.43 Å². The Morgan fingerprint density at radius 2 is 2.00 bits per heavy atom. The maximum Gasteiger partial charge on any atom is 0.329 e. The Labute approximate surface area is 186 Å². The number of aromatic nitrogens is 1. The largest absolute Gasteiger partial charge is 0.380 e. The SMILES string of the molecule is CCOP(=O)(O)CCNC(=O)c1cn(CC)c2cc(NC3CCCCC3)c(F)cc2c1=O. The molecule has 2 aromatic rings. The number of halogens is 1. The van der Waals surface area contributed by atoms with Crippen molar-refractivity contribution in [2.45, 2.75) is 58.5 Å². The van der Waals surface area contributed by atoms with Crippen LogP contribution in [0.3, 0.4) is 0 Å². The molecule has 1 unspecified atom stereocenters. The lowest BCUT2D eigenvalue weighted by Gasteiger charge is -2.24. The van der Waals surface area contributed by atoms with Crippen molar-refractivity contribution in [3.63, 3.8) is 0 Å². The zero-order valence-electron chi connectivity index (χ0n) is 18.5. The van der Waals surface area contributed by atoms with Crippen LogP contribution in [0.5, 0.6) is 0 Å². The molecule has 3 N–H and O–H groups in total. The number of carbonyl (C=O) groups is 1. The summed E-state index contributed by atoms with van der Waals surface area (Å²) in [4.78, 5) is 35.2. The predicted octanol–water partition coefficient (Wildman–Crippen LogP) is 3.86. The van der Waals surface area contributed by atoms with Gasteiger partial charge in [0, 0.05) is 30.7 Å². The minimum atomic E-state index is -3.79. The fraction of sp³-hybridized carbons (Fsp3) is 0.545. The van der Waals surface area contributed by atoms with Gasteiger partial charge in [-0.15, -0.1) is 0 Å². The van der Waals surface area contributed by atoms with Crippen molar-refractivity contribution < 1.29 is 23.2 Å². The van der Waals surface area contributed by atoms with Gasteiger partial charge in [0.25, 0.3) is 5.91 Å². The van der Waals surface area contributed by atoms with E-state index in [1.54, 1.807) is 17.6 Å². The second-order valence-electron chi connectivity index (χ2n) is 8.02. The molecule has 8 nitrogen and oxygen atoms in total. The standard InChI is InChI=1S/C22H31FN3O5P/c1-3-26-14-17(22(28)24-10-11-32(29,30)31-4-2)21(27)16-12-18(23)19(13-20(16)26)25-15-8-6-5-7-9-15/h12-15,25H,3-11H2,1-2H3,(H,24,28)(H,29,30). The predicted molar refractivity (Wildman–Crippen MR) is 123 cm³/mol. The number of hydrogen-bond donors (Lipinski definition) is 3. The zero-order valence-corrected chi connectivity index (χ0v) is 19.4. The lowest BCUT2D eigenvalue weighted by Crippen LogP contribution is -2.32. The maximum atomic E-state index is 14.8. The van der Waals surface area contributed by atoms with Crippen molar-refractivity contribution >= 4 is 30.1 Å². The van der Waals surface area contributed by atoms with Crippen LogP contribution in [0.2, 0.25) is 0 Å². The first kappa shape index (κ1) is 24.4. The molecule has 3 rings (SSSR count). The summed E-state index contributed by atoms with van der Waals surface area (Å²) in [5.74, 6) is -1.21. The number of anilines is 1. The molecule has 1 aromatic carbocycles. The van der Waals surface area contributed by atoms with Crippen LogP contribution >= 0.6 is 7.60 Å². The summed E-state index contributed by atoms with van der Waals surface area (Å²) in [6.07, 6.45) is 6.57. The van der Waals surface area contributed by atoms with Crippen molar-refractivity contribution in [3.8, 4) is 0 Å². The van der Waals surface area contributed by atoms with Crippen LogP contribution in [0, 0.1) is 5.82 Å². The second-order valence-corrected chi connectivity index (χ2v) is 10.0. The van der Waals surface area contributed by atoms with Crippen LogP contribution in [0.15, 0.2) is 23.1 Å². The minimum absolute atomic E-state index is 0.0801. The van der Waals surface area contributed by atoms with Crippen molar-refractivity contribution in [1.82, 2.24) is 9.88 Å². The number of fused-ring (bicyclic) bond motifs is 1. The highest BCUT2D eigenvalue weighted by atomic mass is 31.2. The van der Waals surface area contributed by atoms with Gasteiger partial charge in [0.15, 0.2) is 0 Å². The zero-order chi connectivity index (χ0) is 23.3. The molecule has 0 radical (unpaired) electrons. The summed E-state index contributed by atoms with van der Waals surface area (Å²) in [6.45, 7) is 3.89. The van der Waals surface area contributed by atoms with Crippen LogP contribution in [0.1, 0.15) is 56.3 Å². The second kappa shape index (κ2) is 10.6. The number of amides is 1. The molecule has 176 valence electrons. The van der Waals surface area contributed by atoms with Gasteiger partial charge in [-0.3, -0.25) is 14.2 Å². The van der Waals surface area contributed by atoms with Gasteiger partial charge >= 0.3 is 7.60 Å². The Morgan fingerprint density at radius 3 is 2.66 bits per heavy atom. The minimum Gasteiger partial charge on any atom is -0.380 e. The van der Waals surface area contributed by atoms with E-state index in [2.05, 4.69) is 10.6 Å². The van der Waals surface area contributed by atoms with E-state index in [-0.39, 0.29) is 36.3 Å². The number of rotatable bonds is 9. The molecular formula is C22H31FN3O5P. The Kier molecular flexibility index (Phi) is 8.09.